The van der Waals surface area contributed by atoms with Crippen LogP contribution in [0.25, 0.3) is 10.9 Å². The van der Waals surface area contributed by atoms with E-state index in [9.17, 15) is 19.1 Å². The highest BCUT2D eigenvalue weighted by Gasteiger charge is 2.26. The number of nitrogens with one attached hydrogen (secondary N) is 1. The lowest BCUT2D eigenvalue weighted by Gasteiger charge is -2.32. The number of fused-ring (bicyclic) bond motifs is 1. The van der Waals surface area contributed by atoms with Crippen LogP contribution in [0.15, 0.2) is 48.5 Å². The minimum Gasteiger partial charge on any atom is -0.478 e. The van der Waals surface area contributed by atoms with Crippen LogP contribution in [-0.2, 0) is 6.42 Å². The zero-order valence-electron chi connectivity index (χ0n) is 15.3. The summed E-state index contributed by atoms with van der Waals surface area (Å²) in [6, 6.07) is 13.4. The summed E-state index contributed by atoms with van der Waals surface area (Å²) < 4.78 is 13.9. The Morgan fingerprint density at radius 3 is 2.57 bits per heavy atom. The number of carboxylic acids is 1. The first-order valence-electron chi connectivity index (χ1n) is 9.40. The van der Waals surface area contributed by atoms with Crippen LogP contribution in [0.1, 0.15) is 39.3 Å². The van der Waals surface area contributed by atoms with Crippen molar-refractivity contribution in [2.24, 2.45) is 5.92 Å². The first-order chi connectivity index (χ1) is 13.5. The maximum Gasteiger partial charge on any atom is 0.335 e. The number of halogens is 1. The topological polar surface area (TPSA) is 73.4 Å². The average molecular weight is 380 g/mol. The average Bonchev–Trinajstić information content (AvgIpc) is 3.14. The van der Waals surface area contributed by atoms with Gasteiger partial charge in [0.25, 0.3) is 5.91 Å². The van der Waals surface area contributed by atoms with Crippen LogP contribution in [0.2, 0.25) is 0 Å². The van der Waals surface area contributed by atoms with Gasteiger partial charge in [-0.15, -0.1) is 0 Å². The summed E-state index contributed by atoms with van der Waals surface area (Å²) in [4.78, 5) is 28.9. The summed E-state index contributed by atoms with van der Waals surface area (Å²) in [5.74, 6) is -1.04. The second kappa shape index (κ2) is 7.46. The van der Waals surface area contributed by atoms with E-state index >= 15 is 0 Å². The van der Waals surface area contributed by atoms with E-state index < -0.39 is 5.97 Å². The Morgan fingerprint density at radius 1 is 1.11 bits per heavy atom. The third-order valence-corrected chi connectivity index (χ3v) is 5.50. The number of benzene rings is 2. The lowest BCUT2D eigenvalue weighted by Crippen LogP contribution is -2.39. The highest BCUT2D eigenvalue weighted by atomic mass is 19.1. The van der Waals surface area contributed by atoms with Gasteiger partial charge in [0.05, 0.1) is 5.56 Å². The van der Waals surface area contributed by atoms with Crippen molar-refractivity contribution >= 4 is 22.8 Å². The van der Waals surface area contributed by atoms with Crippen molar-refractivity contribution in [2.75, 3.05) is 13.1 Å². The number of piperidine rings is 1. The molecule has 3 aromatic rings. The van der Waals surface area contributed by atoms with Crippen molar-refractivity contribution in [3.63, 3.8) is 0 Å². The fourth-order valence-corrected chi connectivity index (χ4v) is 3.96. The lowest BCUT2D eigenvalue weighted by atomic mass is 9.88. The number of rotatable bonds is 4. The minimum absolute atomic E-state index is 0.125. The maximum absolute atomic E-state index is 13.9. The molecule has 1 saturated heterocycles. The molecule has 0 saturated carbocycles. The number of aromatic amines is 1. The smallest absolute Gasteiger partial charge is 0.335 e. The summed E-state index contributed by atoms with van der Waals surface area (Å²) in [5.41, 5.74) is 2.20. The van der Waals surface area contributed by atoms with Gasteiger partial charge in [0, 0.05) is 24.0 Å². The highest BCUT2D eigenvalue weighted by molar-refractivity contribution is 5.98. The molecule has 6 heteroatoms. The fraction of sp³-hybridized carbons (Fsp3) is 0.273. The lowest BCUT2D eigenvalue weighted by molar-refractivity contribution is 0.0685. The first-order valence-corrected chi connectivity index (χ1v) is 9.40. The molecule has 2 N–H and O–H groups in total. The summed E-state index contributed by atoms with van der Waals surface area (Å²) in [6.45, 7) is 1.22. The van der Waals surface area contributed by atoms with Crippen LogP contribution in [0.3, 0.4) is 0 Å². The molecule has 28 heavy (non-hydrogen) atoms. The zero-order valence-corrected chi connectivity index (χ0v) is 15.3. The minimum atomic E-state index is -0.908. The second-order valence-electron chi connectivity index (χ2n) is 7.29. The molecule has 1 aromatic heterocycles. The van der Waals surface area contributed by atoms with Crippen LogP contribution in [0, 0.1) is 11.7 Å². The van der Waals surface area contributed by atoms with Gasteiger partial charge in [-0.2, -0.15) is 0 Å². The molecule has 1 fully saturated rings. The number of H-pyrrole nitrogens is 1. The van der Waals surface area contributed by atoms with E-state index in [0.717, 1.165) is 18.4 Å². The molecule has 0 atom stereocenters. The molecule has 0 spiro atoms. The van der Waals surface area contributed by atoms with E-state index in [4.69, 9.17) is 0 Å². The van der Waals surface area contributed by atoms with Crippen LogP contribution in [-0.4, -0.2) is 40.0 Å². The van der Waals surface area contributed by atoms with Gasteiger partial charge in [-0.05, 0) is 55.0 Å². The SMILES string of the molecule is O=C(O)c1ccccc1CC1CCN(C(=O)c2cc3c(F)cccc3[nH]2)CC1. The number of likely N-dealkylation sites (tertiary alicyclic amines) is 1. The van der Waals surface area contributed by atoms with Crippen molar-refractivity contribution < 1.29 is 19.1 Å². The molecule has 1 amide bonds. The Morgan fingerprint density at radius 2 is 1.86 bits per heavy atom. The standard InChI is InChI=1S/C22H21FN2O3/c23-18-6-3-7-19-17(18)13-20(24-19)21(26)25-10-8-14(9-11-25)12-15-4-1-2-5-16(15)22(27)28/h1-7,13-14,24H,8-12H2,(H,27,28). The predicted octanol–water partition coefficient (Wildman–Crippen LogP) is 4.10. The van der Waals surface area contributed by atoms with Gasteiger partial charge < -0.3 is 15.0 Å². The Labute approximate surface area is 161 Å². The number of amides is 1. The van der Waals surface area contributed by atoms with Gasteiger partial charge in [-0.3, -0.25) is 4.79 Å². The molecule has 0 bridgehead atoms. The third-order valence-electron chi connectivity index (χ3n) is 5.50. The largest absolute Gasteiger partial charge is 0.478 e. The molecule has 1 aliphatic heterocycles. The van der Waals surface area contributed by atoms with Gasteiger partial charge in [0.2, 0.25) is 0 Å². The van der Waals surface area contributed by atoms with E-state index in [1.165, 1.54) is 6.07 Å². The van der Waals surface area contributed by atoms with E-state index in [0.29, 0.717) is 47.6 Å². The quantitative estimate of drug-likeness (QED) is 0.716. The zero-order chi connectivity index (χ0) is 19.7. The number of carboxylic acid groups (broad SMARTS) is 1. The molecule has 1 aliphatic rings. The van der Waals surface area contributed by atoms with Gasteiger partial charge in [-0.1, -0.05) is 24.3 Å². The van der Waals surface area contributed by atoms with Gasteiger partial charge in [-0.25, -0.2) is 9.18 Å². The third kappa shape index (κ3) is 3.50. The number of hydrogen-bond acceptors (Lipinski definition) is 2. The fourth-order valence-electron chi connectivity index (χ4n) is 3.96. The predicted molar refractivity (Wildman–Crippen MR) is 104 cm³/mol. The van der Waals surface area contributed by atoms with Crippen molar-refractivity contribution in [1.82, 2.24) is 9.88 Å². The number of carbonyl (C=O) groups is 2. The Balaban J connectivity index is 1.42. The maximum atomic E-state index is 13.9. The van der Waals surface area contributed by atoms with Gasteiger partial charge in [0.1, 0.15) is 11.5 Å². The van der Waals surface area contributed by atoms with Crippen LogP contribution in [0.4, 0.5) is 4.39 Å². The molecule has 4 rings (SSSR count). The molecular formula is C22H21FN2O3. The van der Waals surface area contributed by atoms with E-state index in [-0.39, 0.29) is 11.7 Å². The number of aromatic nitrogens is 1. The molecule has 5 nitrogen and oxygen atoms in total. The van der Waals surface area contributed by atoms with Crippen LogP contribution < -0.4 is 0 Å². The number of carbonyl (C=O) groups excluding carboxylic acids is 1. The van der Waals surface area contributed by atoms with Crippen LogP contribution >= 0.6 is 0 Å². The Bertz CT molecular complexity index is 1040. The number of hydrogen-bond donors (Lipinski definition) is 2. The van der Waals surface area contributed by atoms with E-state index in [1.807, 2.05) is 12.1 Å². The first kappa shape index (κ1) is 18.2. The van der Waals surface area contributed by atoms with E-state index in [1.54, 1.807) is 35.2 Å². The van der Waals surface area contributed by atoms with Crippen LogP contribution in [0.5, 0.6) is 0 Å². The molecule has 144 valence electrons. The highest BCUT2D eigenvalue weighted by Crippen LogP contribution is 2.25. The molecule has 2 heterocycles. The molecule has 2 aromatic carbocycles. The van der Waals surface area contributed by atoms with Crippen molar-refractivity contribution in [3.8, 4) is 0 Å². The molecule has 0 radical (unpaired) electrons. The Kier molecular flexibility index (Phi) is 4.86. The summed E-state index contributed by atoms with van der Waals surface area (Å²) in [6.07, 6.45) is 2.32. The monoisotopic (exact) mass is 380 g/mol. The van der Waals surface area contributed by atoms with Crippen molar-refractivity contribution in [3.05, 3.63) is 71.2 Å². The van der Waals surface area contributed by atoms with Gasteiger partial charge >= 0.3 is 5.97 Å². The van der Waals surface area contributed by atoms with Crippen molar-refractivity contribution in [1.29, 1.82) is 0 Å². The van der Waals surface area contributed by atoms with E-state index in [2.05, 4.69) is 4.98 Å². The second-order valence-corrected chi connectivity index (χ2v) is 7.29. The normalized spacial score (nSPS) is 15.1. The summed E-state index contributed by atoms with van der Waals surface area (Å²) in [7, 11) is 0. The molecule has 0 aliphatic carbocycles. The number of aromatic carboxylic acids is 1. The molecular weight excluding hydrogens is 359 g/mol. The van der Waals surface area contributed by atoms with Crippen molar-refractivity contribution in [2.45, 2.75) is 19.3 Å². The molecule has 0 unspecified atom stereocenters. The summed E-state index contributed by atoms with van der Waals surface area (Å²) in [5, 5.41) is 9.75. The number of nitrogens with zero attached hydrogens (tertiary/aromatic N) is 1. The Hall–Kier alpha value is -3.15. The summed E-state index contributed by atoms with van der Waals surface area (Å²) >= 11 is 0. The van der Waals surface area contributed by atoms with Gasteiger partial charge in [0.15, 0.2) is 0 Å².